The Morgan fingerprint density at radius 2 is 1.71 bits per heavy atom. The Balaban J connectivity index is 1.71. The third-order valence-corrected chi connectivity index (χ3v) is 4.10. The number of nitrogens with one attached hydrogen (secondary N) is 2. The highest BCUT2D eigenvalue weighted by Crippen LogP contribution is 2.24. The number of rotatable bonds is 5. The molecule has 2 aromatic rings. The number of nitro groups is 1. The van der Waals surface area contributed by atoms with Gasteiger partial charge in [-0.2, -0.15) is 10.1 Å². The molecule has 9 nitrogen and oxygen atoms in total. The van der Waals surface area contributed by atoms with Crippen LogP contribution in [0.25, 0.3) is 0 Å². The van der Waals surface area contributed by atoms with Gasteiger partial charge in [-0.1, -0.05) is 18.2 Å². The van der Waals surface area contributed by atoms with E-state index < -0.39 is 10.8 Å². The Bertz CT molecular complexity index is 997. The number of nitrogens with zero attached hydrogens (tertiary/aromatic N) is 3. The second-order valence-corrected chi connectivity index (χ2v) is 6.02. The number of benzene rings is 2. The summed E-state index contributed by atoms with van der Waals surface area (Å²) in [6, 6.07) is 14.2. The first-order valence-corrected chi connectivity index (χ1v) is 8.35. The lowest BCUT2D eigenvalue weighted by molar-refractivity contribution is -0.384. The van der Waals surface area contributed by atoms with Gasteiger partial charge < -0.3 is 5.43 Å². The Morgan fingerprint density at radius 1 is 1.07 bits per heavy atom. The summed E-state index contributed by atoms with van der Waals surface area (Å²) in [4.78, 5) is 35.0. The number of hydrazine groups is 1. The molecule has 2 aromatic carbocycles. The molecule has 2 amide bonds. The summed E-state index contributed by atoms with van der Waals surface area (Å²) in [5.41, 5.74) is 7.27. The fraction of sp³-hybridized carbons (Fsp3) is 0.105. The van der Waals surface area contributed by atoms with Crippen LogP contribution in [0.2, 0.25) is 0 Å². The molecule has 142 valence electrons. The van der Waals surface area contributed by atoms with E-state index in [-0.39, 0.29) is 17.2 Å². The van der Waals surface area contributed by atoms with Crippen molar-refractivity contribution >= 4 is 28.9 Å². The number of hydrogen-bond donors (Lipinski definition) is 2. The zero-order valence-corrected chi connectivity index (χ0v) is 15.2. The van der Waals surface area contributed by atoms with E-state index >= 15 is 0 Å². The Morgan fingerprint density at radius 3 is 2.32 bits per heavy atom. The maximum Gasteiger partial charge on any atom is 0.282 e. The van der Waals surface area contributed by atoms with Crippen molar-refractivity contribution in [1.29, 1.82) is 0 Å². The van der Waals surface area contributed by atoms with E-state index in [9.17, 15) is 19.7 Å². The predicted octanol–water partition coefficient (Wildman–Crippen LogP) is 2.53. The maximum absolute atomic E-state index is 12.7. The number of nitro benzene ring substituents is 1. The van der Waals surface area contributed by atoms with E-state index in [2.05, 4.69) is 16.0 Å². The highest BCUT2D eigenvalue weighted by atomic mass is 16.6. The molecule has 0 fully saturated rings. The quantitative estimate of drug-likeness (QED) is 0.470. The largest absolute Gasteiger partial charge is 0.302 e. The summed E-state index contributed by atoms with van der Waals surface area (Å²) >= 11 is 0. The van der Waals surface area contributed by atoms with Crippen LogP contribution in [0.5, 0.6) is 0 Å². The highest BCUT2D eigenvalue weighted by molar-refractivity contribution is 6.30. The molecule has 1 heterocycles. The summed E-state index contributed by atoms with van der Waals surface area (Å²) in [7, 11) is 0. The minimum absolute atomic E-state index is 0.104. The van der Waals surface area contributed by atoms with Gasteiger partial charge in [0.25, 0.3) is 17.5 Å². The molecule has 0 saturated carbocycles. The van der Waals surface area contributed by atoms with Crippen molar-refractivity contribution in [2.24, 2.45) is 5.10 Å². The van der Waals surface area contributed by atoms with Gasteiger partial charge in [-0.15, -0.1) is 0 Å². The van der Waals surface area contributed by atoms with Crippen LogP contribution in [-0.2, 0) is 4.79 Å². The van der Waals surface area contributed by atoms with Crippen molar-refractivity contribution < 1.29 is 14.5 Å². The third kappa shape index (κ3) is 3.73. The Kier molecular flexibility index (Phi) is 5.16. The zero-order chi connectivity index (χ0) is 20.3. The molecule has 3 rings (SSSR count). The summed E-state index contributed by atoms with van der Waals surface area (Å²) < 4.78 is 0. The van der Waals surface area contributed by atoms with Crippen molar-refractivity contribution in [2.45, 2.75) is 13.8 Å². The van der Waals surface area contributed by atoms with Crippen LogP contribution in [0, 0.1) is 10.1 Å². The average Bonchev–Trinajstić information content (AvgIpc) is 3.00. The van der Waals surface area contributed by atoms with E-state index in [1.807, 2.05) is 18.2 Å². The first kappa shape index (κ1) is 18.8. The fourth-order valence-electron chi connectivity index (χ4n) is 2.70. The van der Waals surface area contributed by atoms with Crippen LogP contribution in [-0.4, -0.2) is 22.4 Å². The van der Waals surface area contributed by atoms with Crippen LogP contribution in [0.4, 0.5) is 11.4 Å². The second-order valence-electron chi connectivity index (χ2n) is 6.02. The molecular weight excluding hydrogens is 362 g/mol. The van der Waals surface area contributed by atoms with Crippen LogP contribution >= 0.6 is 0 Å². The van der Waals surface area contributed by atoms with Crippen molar-refractivity contribution in [3.05, 3.63) is 81.5 Å². The average molecular weight is 379 g/mol. The van der Waals surface area contributed by atoms with Gasteiger partial charge in [-0.05, 0) is 38.1 Å². The summed E-state index contributed by atoms with van der Waals surface area (Å²) in [5.74, 6) is -0.798. The normalized spacial score (nSPS) is 15.1. The molecule has 0 saturated heterocycles. The molecule has 0 bridgehead atoms. The minimum atomic E-state index is -0.541. The minimum Gasteiger partial charge on any atom is -0.302 e. The molecule has 0 atom stereocenters. The molecule has 0 aromatic heterocycles. The van der Waals surface area contributed by atoms with Crippen molar-refractivity contribution in [3.8, 4) is 0 Å². The number of carbonyl (C=O) groups excluding carboxylic acids is 2. The lowest BCUT2D eigenvalue weighted by atomic mass is 10.1. The van der Waals surface area contributed by atoms with Crippen molar-refractivity contribution in [2.75, 3.05) is 5.01 Å². The van der Waals surface area contributed by atoms with Crippen LogP contribution in [0.15, 0.2) is 71.0 Å². The first-order valence-electron chi connectivity index (χ1n) is 8.35. The number of amides is 2. The number of para-hydroxylation sites is 1. The number of anilines is 1. The molecule has 1 aliphatic rings. The van der Waals surface area contributed by atoms with Crippen LogP contribution < -0.4 is 15.9 Å². The molecular formula is C19H17N5O4. The van der Waals surface area contributed by atoms with Gasteiger partial charge in [-0.3, -0.25) is 25.1 Å². The highest BCUT2D eigenvalue weighted by Gasteiger charge is 2.30. The molecule has 1 aliphatic heterocycles. The van der Waals surface area contributed by atoms with Crippen LogP contribution in [0.1, 0.15) is 24.2 Å². The van der Waals surface area contributed by atoms with Crippen molar-refractivity contribution in [1.82, 2.24) is 10.9 Å². The Labute approximate surface area is 160 Å². The molecule has 2 N–H and O–H groups in total. The second kappa shape index (κ2) is 7.70. The smallest absolute Gasteiger partial charge is 0.282 e. The number of allylic oxidation sites excluding steroid dienone is 1. The SMILES string of the molecule is CC1=NN(c2ccccc2)C(=O)/C1=C(/C)NNC(=O)c1ccc([N+](=O)[O-])cc1. The van der Waals surface area contributed by atoms with E-state index in [0.717, 1.165) is 0 Å². The zero-order valence-electron chi connectivity index (χ0n) is 15.2. The molecule has 0 aliphatic carbocycles. The summed E-state index contributed by atoms with van der Waals surface area (Å²) in [6.45, 7) is 3.36. The van der Waals surface area contributed by atoms with E-state index in [4.69, 9.17) is 0 Å². The van der Waals surface area contributed by atoms with Gasteiger partial charge in [0.05, 0.1) is 21.9 Å². The molecule has 0 spiro atoms. The standard InChI is InChI=1S/C19H17N5O4/c1-12(20-21-18(25)14-8-10-16(11-9-14)24(27)28)17-13(2)22-23(19(17)26)15-6-4-3-5-7-15/h3-11,20H,1-2H3,(H,21,25)/b17-12-. The number of hydrazone groups is 1. The number of non-ortho nitro benzene ring substituents is 1. The topological polar surface area (TPSA) is 117 Å². The maximum atomic E-state index is 12.7. The van der Waals surface area contributed by atoms with Crippen molar-refractivity contribution in [3.63, 3.8) is 0 Å². The monoisotopic (exact) mass is 379 g/mol. The molecule has 28 heavy (non-hydrogen) atoms. The van der Waals surface area contributed by atoms with Gasteiger partial charge in [0.2, 0.25) is 0 Å². The predicted molar refractivity (Wildman–Crippen MR) is 103 cm³/mol. The van der Waals surface area contributed by atoms with Gasteiger partial charge >= 0.3 is 0 Å². The lowest BCUT2D eigenvalue weighted by Gasteiger charge is -2.13. The van der Waals surface area contributed by atoms with Gasteiger partial charge in [0.15, 0.2) is 0 Å². The Hall–Kier alpha value is -4.01. The van der Waals surface area contributed by atoms with E-state index in [1.54, 1.807) is 26.0 Å². The van der Waals surface area contributed by atoms with Gasteiger partial charge in [-0.25, -0.2) is 0 Å². The molecule has 9 heteroatoms. The lowest BCUT2D eigenvalue weighted by Crippen LogP contribution is -2.37. The third-order valence-electron chi connectivity index (χ3n) is 4.10. The molecule has 0 unspecified atom stereocenters. The number of hydrogen-bond acceptors (Lipinski definition) is 6. The molecule has 0 radical (unpaired) electrons. The first-order chi connectivity index (χ1) is 13.4. The summed E-state index contributed by atoms with van der Waals surface area (Å²) in [5, 5.41) is 16.3. The summed E-state index contributed by atoms with van der Waals surface area (Å²) in [6.07, 6.45) is 0. The number of carbonyl (C=O) groups is 2. The fourth-order valence-corrected chi connectivity index (χ4v) is 2.70. The van der Waals surface area contributed by atoms with Crippen LogP contribution in [0.3, 0.4) is 0 Å². The van der Waals surface area contributed by atoms with E-state index in [1.165, 1.54) is 29.3 Å². The van der Waals surface area contributed by atoms with E-state index in [0.29, 0.717) is 22.7 Å². The van der Waals surface area contributed by atoms with Gasteiger partial charge in [0, 0.05) is 23.4 Å². The van der Waals surface area contributed by atoms with Gasteiger partial charge in [0.1, 0.15) is 0 Å².